The molecule has 0 atom stereocenters. The zero-order chi connectivity index (χ0) is 13.2. The molecule has 3 aromatic rings. The van der Waals surface area contributed by atoms with Crippen LogP contribution in [0.25, 0.3) is 17.1 Å². The summed E-state index contributed by atoms with van der Waals surface area (Å²) in [5, 5.41) is 7.08. The minimum atomic E-state index is 0.534. The van der Waals surface area contributed by atoms with Crippen LogP contribution in [0.1, 0.15) is 5.56 Å². The lowest BCUT2D eigenvalue weighted by molar-refractivity contribution is 1.01. The van der Waals surface area contributed by atoms with Gasteiger partial charge in [-0.1, -0.05) is 0 Å². The van der Waals surface area contributed by atoms with E-state index in [0.29, 0.717) is 4.77 Å². The molecule has 0 fully saturated rings. The third kappa shape index (κ3) is 2.17. The van der Waals surface area contributed by atoms with E-state index in [1.54, 1.807) is 24.8 Å². The van der Waals surface area contributed by atoms with Crippen molar-refractivity contribution in [2.24, 2.45) is 0 Å². The second-order valence-corrected chi connectivity index (χ2v) is 4.54. The van der Waals surface area contributed by atoms with Crippen molar-refractivity contribution in [3.05, 3.63) is 53.3 Å². The molecule has 0 aromatic carbocycles. The fourth-order valence-electron chi connectivity index (χ4n) is 1.89. The Morgan fingerprint density at radius 2 is 2.11 bits per heavy atom. The van der Waals surface area contributed by atoms with Crippen LogP contribution in [0.5, 0.6) is 0 Å². The molecule has 5 nitrogen and oxygen atoms in total. The number of hydrogen-bond acceptors (Lipinski definition) is 4. The van der Waals surface area contributed by atoms with Crippen LogP contribution < -0.4 is 0 Å². The molecule has 0 bridgehead atoms. The van der Waals surface area contributed by atoms with Crippen LogP contribution in [-0.4, -0.2) is 24.7 Å². The molecular formula is C13H11N5S. The molecule has 6 heteroatoms. The Labute approximate surface area is 115 Å². The number of nitrogens with one attached hydrogen (secondary N) is 1. The van der Waals surface area contributed by atoms with E-state index in [0.717, 1.165) is 22.6 Å². The summed E-state index contributed by atoms with van der Waals surface area (Å²) in [5.41, 5.74) is 2.85. The van der Waals surface area contributed by atoms with Crippen molar-refractivity contribution in [1.82, 2.24) is 24.7 Å². The van der Waals surface area contributed by atoms with Gasteiger partial charge in [-0.25, -0.2) is 0 Å². The number of rotatable bonds is 2. The van der Waals surface area contributed by atoms with Gasteiger partial charge in [-0.05, 0) is 42.9 Å². The summed E-state index contributed by atoms with van der Waals surface area (Å²) in [4.78, 5) is 8.30. The van der Waals surface area contributed by atoms with Crippen LogP contribution in [0.2, 0.25) is 0 Å². The lowest BCUT2D eigenvalue weighted by Gasteiger charge is -2.06. The molecule has 0 amide bonds. The van der Waals surface area contributed by atoms with Gasteiger partial charge in [0.05, 0.1) is 11.9 Å². The Morgan fingerprint density at radius 3 is 2.84 bits per heavy atom. The Kier molecular flexibility index (Phi) is 2.92. The van der Waals surface area contributed by atoms with Crippen molar-refractivity contribution in [2.45, 2.75) is 6.92 Å². The van der Waals surface area contributed by atoms with Crippen molar-refractivity contribution >= 4 is 12.2 Å². The summed E-state index contributed by atoms with van der Waals surface area (Å²) in [6.07, 6.45) is 7.04. The minimum Gasteiger partial charge on any atom is -0.267 e. The number of aromatic nitrogens is 5. The van der Waals surface area contributed by atoms with Gasteiger partial charge in [-0.2, -0.15) is 5.10 Å². The first kappa shape index (κ1) is 11.7. The Hall–Kier alpha value is -2.34. The third-order valence-electron chi connectivity index (χ3n) is 2.71. The van der Waals surface area contributed by atoms with Crippen molar-refractivity contribution in [3.63, 3.8) is 0 Å². The van der Waals surface area contributed by atoms with E-state index >= 15 is 0 Å². The maximum atomic E-state index is 5.29. The van der Waals surface area contributed by atoms with Crippen molar-refractivity contribution in [2.75, 3.05) is 0 Å². The number of H-pyrrole nitrogens is 1. The van der Waals surface area contributed by atoms with E-state index < -0.39 is 0 Å². The van der Waals surface area contributed by atoms with Crippen molar-refractivity contribution < 1.29 is 0 Å². The summed E-state index contributed by atoms with van der Waals surface area (Å²) in [6.45, 7) is 1.99. The summed E-state index contributed by atoms with van der Waals surface area (Å²) in [6, 6.07) is 5.82. The molecule has 0 radical (unpaired) electrons. The molecule has 0 unspecified atom stereocenters. The third-order valence-corrected chi connectivity index (χ3v) is 2.98. The molecule has 19 heavy (non-hydrogen) atoms. The van der Waals surface area contributed by atoms with Crippen LogP contribution in [0, 0.1) is 11.7 Å². The van der Waals surface area contributed by atoms with Gasteiger partial charge < -0.3 is 0 Å². The zero-order valence-corrected chi connectivity index (χ0v) is 11.1. The van der Waals surface area contributed by atoms with Gasteiger partial charge in [0.15, 0.2) is 10.6 Å². The highest BCUT2D eigenvalue weighted by Crippen LogP contribution is 2.20. The van der Waals surface area contributed by atoms with Crippen LogP contribution in [0.3, 0.4) is 0 Å². The molecule has 1 N–H and O–H groups in total. The molecular weight excluding hydrogens is 258 g/mol. The fourth-order valence-corrected chi connectivity index (χ4v) is 2.12. The van der Waals surface area contributed by atoms with Gasteiger partial charge in [0, 0.05) is 24.2 Å². The largest absolute Gasteiger partial charge is 0.267 e. The van der Waals surface area contributed by atoms with E-state index in [1.807, 2.05) is 29.7 Å². The molecule has 0 aliphatic rings. The topological polar surface area (TPSA) is 59.4 Å². The minimum absolute atomic E-state index is 0.534. The standard InChI is InChI=1S/C13H11N5S/c1-9-5-11(8-15-6-9)18-12(16-17-13(18)19)10-3-2-4-14-7-10/h2-8H,1H3,(H,17,19). The van der Waals surface area contributed by atoms with Gasteiger partial charge >= 0.3 is 0 Å². The number of nitrogens with zero attached hydrogens (tertiary/aromatic N) is 4. The summed E-state index contributed by atoms with van der Waals surface area (Å²) in [5.74, 6) is 0.727. The van der Waals surface area contributed by atoms with Crippen LogP contribution >= 0.6 is 12.2 Å². The summed E-state index contributed by atoms with van der Waals surface area (Å²) >= 11 is 5.29. The molecule has 3 heterocycles. The van der Waals surface area contributed by atoms with Gasteiger partial charge in [0.1, 0.15) is 0 Å². The fraction of sp³-hybridized carbons (Fsp3) is 0.0769. The highest BCUT2D eigenvalue weighted by Gasteiger charge is 2.10. The zero-order valence-electron chi connectivity index (χ0n) is 10.2. The SMILES string of the molecule is Cc1cncc(-n2c(-c3cccnc3)n[nH]c2=S)c1. The lowest BCUT2D eigenvalue weighted by atomic mass is 10.2. The van der Waals surface area contributed by atoms with Gasteiger partial charge in [0.25, 0.3) is 0 Å². The molecule has 94 valence electrons. The summed E-state index contributed by atoms with van der Waals surface area (Å²) in [7, 11) is 0. The predicted molar refractivity (Wildman–Crippen MR) is 74.5 cm³/mol. The first-order valence-electron chi connectivity index (χ1n) is 5.75. The highest BCUT2D eigenvalue weighted by atomic mass is 32.1. The molecule has 0 spiro atoms. The van der Waals surface area contributed by atoms with Gasteiger partial charge in [0.2, 0.25) is 0 Å². The smallest absolute Gasteiger partial charge is 0.200 e. The molecule has 3 rings (SSSR count). The Morgan fingerprint density at radius 1 is 1.21 bits per heavy atom. The van der Waals surface area contributed by atoms with Gasteiger partial charge in [-0.15, -0.1) is 0 Å². The first-order chi connectivity index (χ1) is 9.25. The molecule has 0 saturated heterocycles. The second kappa shape index (κ2) is 4.74. The average molecular weight is 269 g/mol. The monoisotopic (exact) mass is 269 g/mol. The van der Waals surface area contributed by atoms with E-state index in [4.69, 9.17) is 12.2 Å². The Balaban J connectivity index is 2.23. The Bertz CT molecular complexity index is 760. The van der Waals surface area contributed by atoms with E-state index in [1.165, 1.54) is 0 Å². The van der Waals surface area contributed by atoms with Crippen LogP contribution in [-0.2, 0) is 0 Å². The molecule has 0 aliphatic heterocycles. The highest BCUT2D eigenvalue weighted by molar-refractivity contribution is 7.71. The van der Waals surface area contributed by atoms with Crippen LogP contribution in [0.15, 0.2) is 43.0 Å². The molecule has 3 aromatic heterocycles. The van der Waals surface area contributed by atoms with Gasteiger partial charge in [-0.3, -0.25) is 19.6 Å². The van der Waals surface area contributed by atoms with E-state index in [2.05, 4.69) is 20.2 Å². The number of aryl methyl sites for hydroxylation is 1. The van der Waals surface area contributed by atoms with Crippen LogP contribution in [0.4, 0.5) is 0 Å². The van der Waals surface area contributed by atoms with E-state index in [-0.39, 0.29) is 0 Å². The maximum absolute atomic E-state index is 5.29. The normalized spacial score (nSPS) is 10.6. The average Bonchev–Trinajstić information content (AvgIpc) is 2.82. The predicted octanol–water partition coefficient (Wildman–Crippen LogP) is 2.70. The van der Waals surface area contributed by atoms with E-state index in [9.17, 15) is 0 Å². The number of pyridine rings is 2. The number of aromatic amines is 1. The maximum Gasteiger partial charge on any atom is 0.200 e. The quantitative estimate of drug-likeness (QED) is 0.727. The molecule has 0 saturated carbocycles. The second-order valence-electron chi connectivity index (χ2n) is 4.15. The molecule has 0 aliphatic carbocycles. The summed E-state index contributed by atoms with van der Waals surface area (Å²) < 4.78 is 2.39. The van der Waals surface area contributed by atoms with Crippen molar-refractivity contribution in [3.8, 4) is 17.1 Å². The number of hydrogen-bond donors (Lipinski definition) is 1. The van der Waals surface area contributed by atoms with Crippen molar-refractivity contribution in [1.29, 1.82) is 0 Å². The lowest BCUT2D eigenvalue weighted by Crippen LogP contribution is -1.99. The first-order valence-corrected chi connectivity index (χ1v) is 6.16.